The molecule has 92 valence electrons. The van der Waals surface area contributed by atoms with Crippen molar-refractivity contribution in [2.45, 2.75) is 31.8 Å². The van der Waals surface area contributed by atoms with Crippen molar-refractivity contribution in [3.8, 4) is 0 Å². The lowest BCUT2D eigenvalue weighted by molar-refractivity contribution is -0.119. The van der Waals surface area contributed by atoms with Crippen LogP contribution in [-0.4, -0.2) is 18.6 Å². The number of carbonyl (C=O) groups is 1. The summed E-state index contributed by atoms with van der Waals surface area (Å²) in [5.74, 6) is 0.0271. The molecule has 2 rings (SSSR count). The predicted molar refractivity (Wildman–Crippen MR) is 71.0 cm³/mol. The molecule has 1 aromatic carbocycles. The Bertz CT molecular complexity index is 372. The SMILES string of the molecule is O=C(CC1CCCCO1)Nc1ccc(Br)cc1. The van der Waals surface area contributed by atoms with Crippen LogP contribution in [0.25, 0.3) is 0 Å². The van der Waals surface area contributed by atoms with Gasteiger partial charge in [-0.15, -0.1) is 0 Å². The maximum absolute atomic E-state index is 11.8. The number of benzene rings is 1. The molecule has 1 saturated heterocycles. The van der Waals surface area contributed by atoms with E-state index in [9.17, 15) is 4.79 Å². The lowest BCUT2D eigenvalue weighted by Gasteiger charge is -2.21. The second-order valence-electron chi connectivity index (χ2n) is 4.25. The lowest BCUT2D eigenvalue weighted by atomic mass is 10.1. The van der Waals surface area contributed by atoms with Crippen molar-refractivity contribution >= 4 is 27.5 Å². The van der Waals surface area contributed by atoms with E-state index in [-0.39, 0.29) is 12.0 Å². The van der Waals surface area contributed by atoms with Crippen LogP contribution in [0.4, 0.5) is 5.69 Å². The van der Waals surface area contributed by atoms with Gasteiger partial charge in [-0.25, -0.2) is 0 Å². The molecule has 1 amide bonds. The van der Waals surface area contributed by atoms with Crippen LogP contribution in [0.15, 0.2) is 28.7 Å². The highest BCUT2D eigenvalue weighted by atomic mass is 79.9. The zero-order chi connectivity index (χ0) is 12.1. The fraction of sp³-hybridized carbons (Fsp3) is 0.462. The minimum Gasteiger partial charge on any atom is -0.378 e. The Kier molecular flexibility index (Phi) is 4.57. The van der Waals surface area contributed by atoms with E-state index in [0.29, 0.717) is 6.42 Å². The first kappa shape index (κ1) is 12.6. The van der Waals surface area contributed by atoms with E-state index in [1.807, 2.05) is 24.3 Å². The van der Waals surface area contributed by atoms with Crippen LogP contribution in [0.3, 0.4) is 0 Å². The molecule has 1 heterocycles. The number of carbonyl (C=O) groups excluding carboxylic acids is 1. The number of halogens is 1. The van der Waals surface area contributed by atoms with Crippen LogP contribution in [-0.2, 0) is 9.53 Å². The summed E-state index contributed by atoms with van der Waals surface area (Å²) in [5.41, 5.74) is 0.828. The smallest absolute Gasteiger partial charge is 0.226 e. The zero-order valence-corrected chi connectivity index (χ0v) is 11.2. The Labute approximate surface area is 110 Å². The minimum atomic E-state index is 0.0271. The van der Waals surface area contributed by atoms with Crippen molar-refractivity contribution in [1.82, 2.24) is 0 Å². The zero-order valence-electron chi connectivity index (χ0n) is 9.62. The second kappa shape index (κ2) is 6.17. The first-order valence-electron chi connectivity index (χ1n) is 5.91. The van der Waals surface area contributed by atoms with E-state index in [0.717, 1.165) is 36.0 Å². The van der Waals surface area contributed by atoms with Gasteiger partial charge in [0.05, 0.1) is 12.5 Å². The molecular weight excluding hydrogens is 282 g/mol. The molecule has 1 atom stereocenters. The minimum absolute atomic E-state index is 0.0271. The van der Waals surface area contributed by atoms with Gasteiger partial charge in [0.25, 0.3) is 0 Å². The van der Waals surface area contributed by atoms with E-state index < -0.39 is 0 Å². The summed E-state index contributed by atoms with van der Waals surface area (Å²) in [6.07, 6.45) is 3.82. The molecule has 4 heteroatoms. The topological polar surface area (TPSA) is 38.3 Å². The van der Waals surface area contributed by atoms with Gasteiger partial charge in [-0.3, -0.25) is 4.79 Å². The molecule has 17 heavy (non-hydrogen) atoms. The van der Waals surface area contributed by atoms with Gasteiger partial charge in [0.15, 0.2) is 0 Å². The largest absolute Gasteiger partial charge is 0.378 e. The van der Waals surface area contributed by atoms with Gasteiger partial charge in [0.1, 0.15) is 0 Å². The van der Waals surface area contributed by atoms with Gasteiger partial charge in [-0.2, -0.15) is 0 Å². The third kappa shape index (κ3) is 4.13. The van der Waals surface area contributed by atoms with E-state index in [1.165, 1.54) is 0 Å². The monoisotopic (exact) mass is 297 g/mol. The summed E-state index contributed by atoms with van der Waals surface area (Å²) in [7, 11) is 0. The number of anilines is 1. The number of hydrogen-bond donors (Lipinski definition) is 1. The number of hydrogen-bond acceptors (Lipinski definition) is 2. The molecule has 1 aliphatic heterocycles. The highest BCUT2D eigenvalue weighted by Gasteiger charge is 2.17. The maximum Gasteiger partial charge on any atom is 0.226 e. The third-order valence-electron chi connectivity index (χ3n) is 2.82. The van der Waals surface area contributed by atoms with Crippen molar-refractivity contribution in [3.63, 3.8) is 0 Å². The highest BCUT2D eigenvalue weighted by Crippen LogP contribution is 2.18. The van der Waals surface area contributed by atoms with Gasteiger partial charge in [-0.05, 0) is 43.5 Å². The van der Waals surface area contributed by atoms with Gasteiger partial charge in [-0.1, -0.05) is 15.9 Å². The first-order chi connectivity index (χ1) is 8.24. The van der Waals surface area contributed by atoms with E-state index in [4.69, 9.17) is 4.74 Å². The second-order valence-corrected chi connectivity index (χ2v) is 5.16. The van der Waals surface area contributed by atoms with Crippen molar-refractivity contribution in [1.29, 1.82) is 0 Å². The number of nitrogens with one attached hydrogen (secondary N) is 1. The summed E-state index contributed by atoms with van der Waals surface area (Å²) in [4.78, 5) is 11.8. The van der Waals surface area contributed by atoms with Gasteiger partial charge in [0.2, 0.25) is 5.91 Å². The van der Waals surface area contributed by atoms with Crippen LogP contribution < -0.4 is 5.32 Å². The molecule has 0 aliphatic carbocycles. The standard InChI is InChI=1S/C13H16BrNO2/c14-10-4-6-11(7-5-10)15-13(16)9-12-3-1-2-8-17-12/h4-7,12H,1-3,8-9H2,(H,15,16). The molecule has 1 fully saturated rings. The average molecular weight is 298 g/mol. The molecule has 0 bridgehead atoms. The van der Waals surface area contributed by atoms with E-state index in [1.54, 1.807) is 0 Å². The van der Waals surface area contributed by atoms with Crippen LogP contribution in [0, 0.1) is 0 Å². The Hall–Kier alpha value is -0.870. The molecule has 1 aliphatic rings. The van der Waals surface area contributed by atoms with Gasteiger partial charge < -0.3 is 10.1 Å². The van der Waals surface area contributed by atoms with Crippen molar-refractivity contribution in [2.24, 2.45) is 0 Å². The number of ether oxygens (including phenoxy) is 1. The highest BCUT2D eigenvalue weighted by molar-refractivity contribution is 9.10. The fourth-order valence-electron chi connectivity index (χ4n) is 1.92. The van der Waals surface area contributed by atoms with E-state index >= 15 is 0 Å². The summed E-state index contributed by atoms with van der Waals surface area (Å²) in [6, 6.07) is 7.58. The van der Waals surface area contributed by atoms with Gasteiger partial charge >= 0.3 is 0 Å². The van der Waals surface area contributed by atoms with Crippen molar-refractivity contribution in [3.05, 3.63) is 28.7 Å². The Balaban J connectivity index is 1.82. The first-order valence-corrected chi connectivity index (χ1v) is 6.70. The Morgan fingerprint density at radius 1 is 1.35 bits per heavy atom. The molecule has 3 nitrogen and oxygen atoms in total. The summed E-state index contributed by atoms with van der Waals surface area (Å²) in [6.45, 7) is 0.788. The fourth-order valence-corrected chi connectivity index (χ4v) is 2.18. The summed E-state index contributed by atoms with van der Waals surface area (Å²) >= 11 is 3.36. The van der Waals surface area contributed by atoms with Crippen LogP contribution in [0.1, 0.15) is 25.7 Å². The number of amides is 1. The molecule has 1 aromatic rings. The molecule has 0 saturated carbocycles. The molecular formula is C13H16BrNO2. The molecule has 0 aromatic heterocycles. The predicted octanol–water partition coefficient (Wildman–Crippen LogP) is 3.35. The maximum atomic E-state index is 11.8. The molecule has 1 unspecified atom stereocenters. The molecule has 1 N–H and O–H groups in total. The third-order valence-corrected chi connectivity index (χ3v) is 3.34. The van der Waals surface area contributed by atoms with E-state index in [2.05, 4.69) is 21.2 Å². The van der Waals surface area contributed by atoms with Crippen molar-refractivity contribution in [2.75, 3.05) is 11.9 Å². The summed E-state index contributed by atoms with van der Waals surface area (Å²) in [5, 5.41) is 2.88. The Morgan fingerprint density at radius 2 is 2.12 bits per heavy atom. The molecule has 0 radical (unpaired) electrons. The average Bonchev–Trinajstić information content (AvgIpc) is 2.33. The number of rotatable bonds is 3. The van der Waals surface area contributed by atoms with Crippen LogP contribution in [0.2, 0.25) is 0 Å². The lowest BCUT2D eigenvalue weighted by Crippen LogP contribution is -2.25. The molecule has 0 spiro atoms. The van der Waals surface area contributed by atoms with Crippen molar-refractivity contribution < 1.29 is 9.53 Å². The summed E-state index contributed by atoms with van der Waals surface area (Å²) < 4.78 is 6.54. The quantitative estimate of drug-likeness (QED) is 0.929. The van der Waals surface area contributed by atoms with Crippen LogP contribution in [0.5, 0.6) is 0 Å². The van der Waals surface area contributed by atoms with Crippen LogP contribution >= 0.6 is 15.9 Å². The van der Waals surface area contributed by atoms with Gasteiger partial charge in [0, 0.05) is 16.8 Å². The normalized spacial score (nSPS) is 19.9. The Morgan fingerprint density at radius 3 is 2.76 bits per heavy atom.